The summed E-state index contributed by atoms with van der Waals surface area (Å²) >= 11 is 8.46. The van der Waals surface area contributed by atoms with Crippen molar-refractivity contribution in [3.05, 3.63) is 57.3 Å². The van der Waals surface area contributed by atoms with Crippen LogP contribution in [0.5, 0.6) is 0 Å². The molecule has 0 aliphatic carbocycles. The zero-order chi connectivity index (χ0) is 13.4. The standard InChI is InChI=1S/C13H9BrFN3S/c14-9-5-11-12(6-10(9)15)18(13(19)17-11)7-8-1-3-16-4-2-8/h1-6H,7H2,(H,17,19). The van der Waals surface area contributed by atoms with E-state index in [0.717, 1.165) is 16.6 Å². The van der Waals surface area contributed by atoms with E-state index < -0.39 is 0 Å². The summed E-state index contributed by atoms with van der Waals surface area (Å²) in [7, 11) is 0. The second-order valence-electron chi connectivity index (χ2n) is 4.16. The maximum absolute atomic E-state index is 13.7. The molecular weight excluding hydrogens is 329 g/mol. The van der Waals surface area contributed by atoms with Crippen molar-refractivity contribution >= 4 is 39.2 Å². The number of imidazole rings is 1. The van der Waals surface area contributed by atoms with Gasteiger partial charge in [-0.05, 0) is 51.9 Å². The highest BCUT2D eigenvalue weighted by Crippen LogP contribution is 2.23. The second-order valence-corrected chi connectivity index (χ2v) is 5.40. The Morgan fingerprint density at radius 2 is 2.05 bits per heavy atom. The van der Waals surface area contributed by atoms with Crippen molar-refractivity contribution in [3.8, 4) is 0 Å². The number of aromatic amines is 1. The van der Waals surface area contributed by atoms with Crippen LogP contribution in [-0.2, 0) is 6.54 Å². The van der Waals surface area contributed by atoms with E-state index in [-0.39, 0.29) is 5.82 Å². The molecule has 19 heavy (non-hydrogen) atoms. The van der Waals surface area contributed by atoms with Gasteiger partial charge in [0.2, 0.25) is 0 Å². The molecule has 0 unspecified atom stereocenters. The first kappa shape index (κ1) is 12.5. The molecule has 1 N–H and O–H groups in total. The number of aromatic nitrogens is 3. The predicted molar refractivity (Wildman–Crippen MR) is 78.1 cm³/mol. The average molecular weight is 338 g/mol. The molecule has 6 heteroatoms. The van der Waals surface area contributed by atoms with E-state index in [1.165, 1.54) is 6.07 Å². The highest BCUT2D eigenvalue weighted by atomic mass is 79.9. The molecule has 0 bridgehead atoms. The Bertz CT molecular complexity index is 795. The number of nitrogens with one attached hydrogen (secondary N) is 1. The fourth-order valence-electron chi connectivity index (χ4n) is 1.98. The lowest BCUT2D eigenvalue weighted by atomic mass is 10.2. The number of fused-ring (bicyclic) bond motifs is 1. The van der Waals surface area contributed by atoms with E-state index in [1.807, 2.05) is 16.7 Å². The Morgan fingerprint density at radius 1 is 1.32 bits per heavy atom. The van der Waals surface area contributed by atoms with Gasteiger partial charge in [-0.25, -0.2) is 4.39 Å². The number of halogens is 2. The third kappa shape index (κ3) is 2.33. The molecule has 0 aliphatic heterocycles. The summed E-state index contributed by atoms with van der Waals surface area (Å²) in [6, 6.07) is 7.00. The second kappa shape index (κ2) is 4.86. The molecule has 0 fully saturated rings. The van der Waals surface area contributed by atoms with Crippen LogP contribution in [0.2, 0.25) is 0 Å². The molecule has 3 rings (SSSR count). The average Bonchev–Trinajstić information content (AvgIpc) is 2.68. The lowest BCUT2D eigenvalue weighted by Crippen LogP contribution is -1.99. The minimum absolute atomic E-state index is 0.301. The normalized spacial score (nSPS) is 11.1. The molecule has 0 aliphatic rings. The quantitative estimate of drug-likeness (QED) is 0.716. The Morgan fingerprint density at radius 3 is 2.79 bits per heavy atom. The number of hydrogen-bond donors (Lipinski definition) is 1. The van der Waals surface area contributed by atoms with Crippen LogP contribution < -0.4 is 0 Å². The molecule has 0 radical (unpaired) electrons. The van der Waals surface area contributed by atoms with Crippen LogP contribution in [0.25, 0.3) is 11.0 Å². The summed E-state index contributed by atoms with van der Waals surface area (Å²) in [5, 5.41) is 0. The van der Waals surface area contributed by atoms with Gasteiger partial charge < -0.3 is 9.55 Å². The van der Waals surface area contributed by atoms with Gasteiger partial charge in [0.15, 0.2) is 4.77 Å². The number of nitrogens with zero attached hydrogens (tertiary/aromatic N) is 2. The van der Waals surface area contributed by atoms with Crippen molar-refractivity contribution in [1.82, 2.24) is 14.5 Å². The van der Waals surface area contributed by atoms with Crippen LogP contribution in [0.15, 0.2) is 41.1 Å². The molecule has 2 heterocycles. The van der Waals surface area contributed by atoms with Crippen LogP contribution in [0.1, 0.15) is 5.56 Å². The minimum atomic E-state index is -0.301. The summed E-state index contributed by atoms with van der Waals surface area (Å²) in [5.74, 6) is -0.301. The highest BCUT2D eigenvalue weighted by molar-refractivity contribution is 9.10. The maximum atomic E-state index is 13.7. The Hall–Kier alpha value is -1.53. The lowest BCUT2D eigenvalue weighted by molar-refractivity contribution is 0.622. The summed E-state index contributed by atoms with van der Waals surface area (Å²) in [6.07, 6.45) is 3.45. The first-order chi connectivity index (χ1) is 9.15. The maximum Gasteiger partial charge on any atom is 0.178 e. The van der Waals surface area contributed by atoms with Gasteiger partial charge in [0, 0.05) is 18.5 Å². The Balaban J connectivity index is 2.16. The molecular formula is C13H9BrFN3S. The van der Waals surface area contributed by atoms with Gasteiger partial charge in [-0.1, -0.05) is 0 Å². The third-order valence-corrected chi connectivity index (χ3v) is 3.84. The molecule has 0 spiro atoms. The fraction of sp³-hybridized carbons (Fsp3) is 0.0769. The predicted octanol–water partition coefficient (Wildman–Crippen LogP) is 4.04. The van der Waals surface area contributed by atoms with Gasteiger partial charge >= 0.3 is 0 Å². The molecule has 0 saturated carbocycles. The Kier molecular flexibility index (Phi) is 3.20. The van der Waals surface area contributed by atoms with E-state index in [9.17, 15) is 4.39 Å². The van der Waals surface area contributed by atoms with Gasteiger partial charge in [-0.15, -0.1) is 0 Å². The monoisotopic (exact) mass is 337 g/mol. The first-order valence-electron chi connectivity index (χ1n) is 5.61. The molecule has 3 nitrogen and oxygen atoms in total. The van der Waals surface area contributed by atoms with Crippen LogP contribution in [-0.4, -0.2) is 14.5 Å². The van der Waals surface area contributed by atoms with Crippen LogP contribution in [0.3, 0.4) is 0 Å². The molecule has 1 aromatic carbocycles. The fourth-order valence-corrected chi connectivity index (χ4v) is 2.60. The van der Waals surface area contributed by atoms with E-state index in [0.29, 0.717) is 15.8 Å². The zero-order valence-electron chi connectivity index (χ0n) is 9.73. The number of benzene rings is 1. The molecule has 0 amide bonds. The van der Waals surface area contributed by atoms with Crippen molar-refractivity contribution in [2.24, 2.45) is 0 Å². The smallest absolute Gasteiger partial charge is 0.178 e. The summed E-state index contributed by atoms with van der Waals surface area (Å²) in [6.45, 7) is 0.586. The van der Waals surface area contributed by atoms with Gasteiger partial charge in [0.1, 0.15) is 5.82 Å². The summed E-state index contributed by atoms with van der Waals surface area (Å²) < 4.78 is 16.5. The van der Waals surface area contributed by atoms with Gasteiger partial charge in [-0.2, -0.15) is 0 Å². The zero-order valence-corrected chi connectivity index (χ0v) is 12.1. The first-order valence-corrected chi connectivity index (χ1v) is 6.82. The van der Waals surface area contributed by atoms with Gasteiger partial charge in [-0.3, -0.25) is 4.98 Å². The summed E-state index contributed by atoms with van der Waals surface area (Å²) in [5.41, 5.74) is 2.63. The van der Waals surface area contributed by atoms with Crippen molar-refractivity contribution in [2.75, 3.05) is 0 Å². The molecule has 3 aromatic rings. The van der Waals surface area contributed by atoms with Crippen LogP contribution in [0, 0.1) is 10.6 Å². The van der Waals surface area contributed by atoms with Gasteiger partial charge in [0.25, 0.3) is 0 Å². The van der Waals surface area contributed by atoms with Crippen molar-refractivity contribution in [2.45, 2.75) is 6.54 Å². The van der Waals surface area contributed by atoms with E-state index in [4.69, 9.17) is 12.2 Å². The number of pyridine rings is 1. The summed E-state index contributed by atoms with van der Waals surface area (Å²) in [4.78, 5) is 7.06. The topological polar surface area (TPSA) is 33.6 Å². The number of rotatable bonds is 2. The molecule has 0 atom stereocenters. The van der Waals surface area contributed by atoms with Crippen LogP contribution in [0.4, 0.5) is 4.39 Å². The van der Waals surface area contributed by atoms with Gasteiger partial charge in [0.05, 0.1) is 22.1 Å². The Labute approximate surface area is 122 Å². The number of hydrogen-bond acceptors (Lipinski definition) is 2. The molecule has 0 saturated heterocycles. The third-order valence-electron chi connectivity index (χ3n) is 2.91. The highest BCUT2D eigenvalue weighted by Gasteiger charge is 2.09. The molecule has 2 aromatic heterocycles. The van der Waals surface area contributed by atoms with E-state index in [2.05, 4.69) is 25.9 Å². The van der Waals surface area contributed by atoms with Crippen molar-refractivity contribution < 1.29 is 4.39 Å². The largest absolute Gasteiger partial charge is 0.331 e. The minimum Gasteiger partial charge on any atom is -0.331 e. The van der Waals surface area contributed by atoms with Crippen molar-refractivity contribution in [3.63, 3.8) is 0 Å². The lowest BCUT2D eigenvalue weighted by Gasteiger charge is -2.05. The van der Waals surface area contributed by atoms with E-state index >= 15 is 0 Å². The molecule has 96 valence electrons. The van der Waals surface area contributed by atoms with Crippen molar-refractivity contribution in [1.29, 1.82) is 0 Å². The van der Waals surface area contributed by atoms with E-state index in [1.54, 1.807) is 18.5 Å². The SMILES string of the molecule is Fc1cc2c(cc1Br)[nH]c(=S)n2Cc1ccncc1. The number of H-pyrrole nitrogens is 1. The van der Waals surface area contributed by atoms with Crippen LogP contribution >= 0.6 is 28.1 Å².